The van der Waals surface area contributed by atoms with Gasteiger partial charge in [-0.25, -0.2) is 27.0 Å². The molecule has 13 nitrogen and oxygen atoms in total. The van der Waals surface area contributed by atoms with Gasteiger partial charge in [0.15, 0.2) is 18.1 Å². The van der Waals surface area contributed by atoms with Crippen molar-refractivity contribution < 1.29 is 21.3 Å². The summed E-state index contributed by atoms with van der Waals surface area (Å²) in [5, 5.41) is 16.4. The van der Waals surface area contributed by atoms with Crippen molar-refractivity contribution in [2.24, 2.45) is 20.4 Å². The van der Waals surface area contributed by atoms with Gasteiger partial charge >= 0.3 is 0 Å². The van der Waals surface area contributed by atoms with E-state index in [9.17, 15) is 16.8 Å². The topological polar surface area (TPSA) is 199 Å². The number of nitrogens with one attached hydrogen (secondary N) is 1. The second kappa shape index (κ2) is 8.21. The van der Waals surface area contributed by atoms with Crippen molar-refractivity contribution >= 4 is 43.0 Å². The number of oxazole rings is 1. The number of para-hydroxylation sites is 1. The van der Waals surface area contributed by atoms with E-state index in [0.717, 1.165) is 0 Å². The highest BCUT2D eigenvalue weighted by atomic mass is 32.2. The van der Waals surface area contributed by atoms with Gasteiger partial charge < -0.3 is 15.5 Å². The monoisotopic (exact) mass is 504 g/mol. The fourth-order valence-electron chi connectivity index (χ4n) is 4.06. The summed E-state index contributed by atoms with van der Waals surface area (Å²) in [6.07, 6.45) is 0. The van der Waals surface area contributed by atoms with Gasteiger partial charge in [-0.1, -0.05) is 18.2 Å². The maximum atomic E-state index is 13.5. The molecule has 1 saturated heterocycles. The van der Waals surface area contributed by atoms with Crippen LogP contribution in [-0.2, 0) is 20.0 Å². The van der Waals surface area contributed by atoms with Crippen molar-refractivity contribution in [3.05, 3.63) is 35.9 Å². The van der Waals surface area contributed by atoms with Crippen LogP contribution in [0.2, 0.25) is 0 Å². The molecule has 1 fully saturated rings. The standard InChI is InChI=1S/C19H20N8O5S2/c20-19-25-16-12(2-1-3-13(16)32-19)11-4-5-14(34(30,31)27-8-6-22-7-9-27)17(33(21,28)29)15(11)18-23-10-24-26-18/h1-5,22H,6-10H2,(H2,20,25)(H2,21,28,29). The van der Waals surface area contributed by atoms with Crippen LogP contribution in [-0.4, -0.2) is 64.8 Å². The van der Waals surface area contributed by atoms with Gasteiger partial charge in [0.05, 0.1) is 5.56 Å². The fraction of sp³-hybridized carbons (Fsp3) is 0.263. The van der Waals surface area contributed by atoms with E-state index in [1.54, 1.807) is 18.2 Å². The van der Waals surface area contributed by atoms with Gasteiger partial charge in [-0.15, -0.1) is 5.11 Å². The van der Waals surface area contributed by atoms with Crippen LogP contribution in [0.1, 0.15) is 5.56 Å². The Morgan fingerprint density at radius 1 is 1.03 bits per heavy atom. The molecular formula is C19H20N8O5S2. The Bertz CT molecular complexity index is 1570. The van der Waals surface area contributed by atoms with E-state index in [-0.39, 0.29) is 37.2 Å². The zero-order valence-corrected chi connectivity index (χ0v) is 19.3. The molecule has 2 aromatic carbocycles. The normalized spacial score (nSPS) is 17.4. The van der Waals surface area contributed by atoms with Gasteiger partial charge in [-0.05, 0) is 17.7 Å². The van der Waals surface area contributed by atoms with E-state index in [1.165, 1.54) is 16.4 Å². The molecule has 0 spiro atoms. The summed E-state index contributed by atoms with van der Waals surface area (Å²) in [6, 6.07) is 7.63. The van der Waals surface area contributed by atoms with Gasteiger partial charge in [0.2, 0.25) is 20.0 Å². The number of aliphatic imine (C=N–C) groups is 1. The van der Waals surface area contributed by atoms with E-state index in [4.69, 9.17) is 15.3 Å². The Balaban J connectivity index is 1.86. The molecule has 5 rings (SSSR count). The van der Waals surface area contributed by atoms with Gasteiger partial charge in [-0.3, -0.25) is 0 Å². The summed E-state index contributed by atoms with van der Waals surface area (Å²) in [5.41, 5.74) is 7.10. The Hall–Kier alpha value is -3.24. The molecular weight excluding hydrogens is 484 g/mol. The van der Waals surface area contributed by atoms with Gasteiger partial charge in [0.25, 0.3) is 6.01 Å². The molecule has 5 N–H and O–H groups in total. The molecule has 2 aliphatic rings. The first-order chi connectivity index (χ1) is 16.2. The van der Waals surface area contributed by atoms with Gasteiger partial charge in [0, 0.05) is 31.7 Å². The first-order valence-corrected chi connectivity index (χ1v) is 13.1. The average Bonchev–Trinajstić information content (AvgIpc) is 3.47. The molecule has 0 amide bonds. The number of aromatic nitrogens is 1. The van der Waals surface area contributed by atoms with Crippen molar-refractivity contribution in [2.75, 3.05) is 38.6 Å². The summed E-state index contributed by atoms with van der Waals surface area (Å²) in [5.74, 6) is -0.0511. The summed E-state index contributed by atoms with van der Waals surface area (Å²) in [6.45, 7) is 1.20. The van der Waals surface area contributed by atoms with Crippen molar-refractivity contribution in [2.45, 2.75) is 9.79 Å². The predicted octanol–water partition coefficient (Wildman–Crippen LogP) is 0.488. The van der Waals surface area contributed by atoms with Gasteiger partial charge in [-0.2, -0.15) is 14.4 Å². The maximum absolute atomic E-state index is 13.5. The highest BCUT2D eigenvalue weighted by molar-refractivity contribution is 7.92. The molecule has 0 unspecified atom stereocenters. The third-order valence-electron chi connectivity index (χ3n) is 5.50. The lowest BCUT2D eigenvalue weighted by Gasteiger charge is -2.28. The minimum Gasteiger partial charge on any atom is -0.424 e. The minimum absolute atomic E-state index is 0.0330. The van der Waals surface area contributed by atoms with Crippen molar-refractivity contribution in [3.63, 3.8) is 0 Å². The zero-order chi connectivity index (χ0) is 24.1. The first-order valence-electron chi connectivity index (χ1n) is 10.2. The molecule has 0 radical (unpaired) electrons. The number of azo groups is 1. The zero-order valence-electron chi connectivity index (χ0n) is 17.7. The van der Waals surface area contributed by atoms with E-state index < -0.39 is 29.8 Å². The second-order valence-electron chi connectivity index (χ2n) is 7.58. The van der Waals surface area contributed by atoms with Gasteiger partial charge in [0.1, 0.15) is 15.3 Å². The molecule has 0 bridgehead atoms. The molecule has 1 aromatic heterocycles. The van der Waals surface area contributed by atoms with Crippen LogP contribution in [0.15, 0.2) is 59.8 Å². The molecule has 15 heteroatoms. The summed E-state index contributed by atoms with van der Waals surface area (Å²) >= 11 is 0. The van der Waals surface area contributed by atoms with Crippen LogP contribution in [0.25, 0.3) is 22.2 Å². The molecule has 34 heavy (non-hydrogen) atoms. The number of rotatable bonds is 5. The van der Waals surface area contributed by atoms with E-state index in [0.29, 0.717) is 35.3 Å². The quantitative estimate of drug-likeness (QED) is 0.445. The number of nitrogens with two attached hydrogens (primary N) is 2. The van der Waals surface area contributed by atoms with Crippen LogP contribution < -0.4 is 16.2 Å². The number of piperazine rings is 1. The number of benzene rings is 2. The van der Waals surface area contributed by atoms with Crippen molar-refractivity contribution in [1.82, 2.24) is 14.6 Å². The largest absolute Gasteiger partial charge is 0.424 e. The number of amidine groups is 1. The van der Waals surface area contributed by atoms with Crippen LogP contribution in [0, 0.1) is 0 Å². The molecule has 0 atom stereocenters. The number of nitrogen functional groups attached to an aromatic ring is 1. The molecule has 3 heterocycles. The first kappa shape index (κ1) is 22.5. The molecule has 2 aliphatic heterocycles. The van der Waals surface area contributed by atoms with Crippen molar-refractivity contribution in [1.29, 1.82) is 0 Å². The highest BCUT2D eigenvalue weighted by Crippen LogP contribution is 2.38. The number of fused-ring (bicyclic) bond motifs is 1. The van der Waals surface area contributed by atoms with E-state index in [1.807, 2.05) is 0 Å². The van der Waals surface area contributed by atoms with Crippen LogP contribution in [0.5, 0.6) is 0 Å². The number of nitrogens with zero attached hydrogens (tertiary/aromatic N) is 5. The molecule has 178 valence electrons. The third-order valence-corrected chi connectivity index (χ3v) is 8.56. The van der Waals surface area contributed by atoms with Crippen LogP contribution in [0.4, 0.5) is 6.01 Å². The smallest absolute Gasteiger partial charge is 0.293 e. The number of hydrogen-bond acceptors (Lipinski definition) is 11. The molecule has 0 aliphatic carbocycles. The third kappa shape index (κ3) is 3.76. The fourth-order valence-corrected chi connectivity index (χ4v) is 7.08. The highest BCUT2D eigenvalue weighted by Gasteiger charge is 2.36. The number of primary sulfonamides is 1. The maximum Gasteiger partial charge on any atom is 0.293 e. The lowest BCUT2D eigenvalue weighted by atomic mass is 9.97. The number of anilines is 1. The Kier molecular flexibility index (Phi) is 5.44. The minimum atomic E-state index is -4.57. The lowest BCUT2D eigenvalue weighted by Crippen LogP contribution is -2.46. The Labute approximate surface area is 194 Å². The Morgan fingerprint density at radius 3 is 2.47 bits per heavy atom. The van der Waals surface area contributed by atoms with E-state index >= 15 is 0 Å². The second-order valence-corrected chi connectivity index (χ2v) is 11.0. The average molecular weight is 505 g/mol. The Morgan fingerprint density at radius 2 is 1.79 bits per heavy atom. The van der Waals surface area contributed by atoms with Crippen LogP contribution >= 0.6 is 0 Å². The summed E-state index contributed by atoms with van der Waals surface area (Å²) in [4.78, 5) is 7.31. The lowest BCUT2D eigenvalue weighted by molar-refractivity contribution is 0.359. The number of hydrogen-bond donors (Lipinski definition) is 3. The molecule has 0 saturated carbocycles. The molecule has 3 aromatic rings. The van der Waals surface area contributed by atoms with Crippen molar-refractivity contribution in [3.8, 4) is 11.1 Å². The number of sulfonamides is 2. The predicted molar refractivity (Wildman–Crippen MR) is 123 cm³/mol. The van der Waals surface area contributed by atoms with Crippen LogP contribution in [0.3, 0.4) is 0 Å². The summed E-state index contributed by atoms with van der Waals surface area (Å²) < 4.78 is 59.5. The van der Waals surface area contributed by atoms with E-state index in [2.05, 4.69) is 25.5 Å². The SMILES string of the molecule is Nc1nc2c(-c3ccc(S(=O)(=O)N4CCNCC4)c(S(N)(=O)=O)c3C3=NCN=N3)cccc2o1. The summed E-state index contributed by atoms with van der Waals surface area (Å²) in [7, 11) is -8.79.